The van der Waals surface area contributed by atoms with Crippen molar-refractivity contribution >= 4 is 14.1 Å². The molecule has 0 bridgehead atoms. The second-order valence-electron chi connectivity index (χ2n) is 0.204. The van der Waals surface area contributed by atoms with E-state index < -0.39 is 0 Å². The van der Waals surface area contributed by atoms with Crippen molar-refractivity contribution in [2.45, 2.75) is 0 Å². The molecule has 0 aromatic carbocycles. The predicted octanol–water partition coefficient (Wildman–Crippen LogP) is -0.330. The smallest absolute Gasteiger partial charge is 0 e. The molecule has 5 heavy (non-hydrogen) atoms. The minimum atomic E-state index is 0. The molecule has 0 aliphatic rings. The summed E-state index contributed by atoms with van der Waals surface area (Å²) in [5, 5.41) is 0. The van der Waals surface area contributed by atoms with E-state index in [4.69, 9.17) is 0 Å². The summed E-state index contributed by atoms with van der Waals surface area (Å²) < 4.78 is 0. The van der Waals surface area contributed by atoms with Gasteiger partial charge in [0.2, 0.25) is 0 Å². The Morgan fingerprint density at radius 3 is 1.60 bits per heavy atom. The van der Waals surface area contributed by atoms with Gasteiger partial charge in [0, 0.05) is 37.8 Å². The number of rotatable bonds is 0. The van der Waals surface area contributed by atoms with E-state index in [0.717, 1.165) is 6.55 Å². The first-order valence-corrected chi connectivity index (χ1v) is 5.12. The van der Waals surface area contributed by atoms with E-state index in [0.29, 0.717) is 0 Å². The van der Waals surface area contributed by atoms with Crippen LogP contribution in [0.15, 0.2) is 0 Å². The van der Waals surface area contributed by atoms with Crippen LogP contribution in [0.2, 0.25) is 0 Å². The molecule has 0 heterocycles. The van der Waals surface area contributed by atoms with E-state index in [2.05, 4.69) is 26.9 Å². The maximum absolute atomic E-state index is 2.16. The first-order chi connectivity index (χ1) is 1.41. The first kappa shape index (κ1) is 15.7. The van der Waals surface area contributed by atoms with Gasteiger partial charge in [-0.25, -0.2) is 0 Å². The molecule has 0 amide bonds. The second-order valence-corrected chi connectivity index (χ2v) is 3.62. The molecule has 0 saturated carbocycles. The Bertz CT molecular complexity index is 11.6. The van der Waals surface area contributed by atoms with E-state index >= 15 is 0 Å². The van der Waals surface area contributed by atoms with E-state index in [-0.39, 0.29) is 37.8 Å². The standard InChI is InChI=1S/BH3P.Co.Mo.W/c1-2;;;/h2H,1H2;;;/q-1;;+1;. The van der Waals surface area contributed by atoms with Crippen molar-refractivity contribution in [2.75, 3.05) is 0 Å². The van der Waals surface area contributed by atoms with E-state index in [1.54, 1.807) is 0 Å². The Morgan fingerprint density at radius 2 is 1.60 bits per heavy atom. The Balaban J connectivity index is -0.0000000200. The van der Waals surface area contributed by atoms with Crippen LogP contribution in [0.1, 0.15) is 0 Å². The third kappa shape index (κ3) is 21.6. The normalized spacial score (nSPS) is 5.60. The van der Waals surface area contributed by atoms with Gasteiger partial charge < -0.3 is 0 Å². The van der Waals surface area contributed by atoms with Gasteiger partial charge in [-0.3, -0.25) is 0 Å². The maximum Gasteiger partial charge on any atom is 0 e. The summed E-state index contributed by atoms with van der Waals surface area (Å²) in [6.45, 7) is 1.09. The fourth-order valence-corrected chi connectivity index (χ4v) is 0. The molecule has 1 atom stereocenters. The van der Waals surface area contributed by atoms with Gasteiger partial charge in [0.1, 0.15) is 0 Å². The average Bonchev–Trinajstić information content (AvgIpc) is 0.918. The van der Waals surface area contributed by atoms with Gasteiger partial charge >= 0.3 is 33.4 Å². The zero-order valence-electron chi connectivity index (χ0n) is 2.65. The molecule has 0 saturated heterocycles. The van der Waals surface area contributed by atoms with Crippen LogP contribution in [0.25, 0.3) is 0 Å². The van der Waals surface area contributed by atoms with Crippen LogP contribution in [0.3, 0.4) is 0 Å². The SMILES string of the molecule is B[PH][Mo].[Co].[W]. The van der Waals surface area contributed by atoms with Gasteiger partial charge in [-0.15, -0.1) is 0 Å². The van der Waals surface area contributed by atoms with Crippen molar-refractivity contribution in [2.24, 2.45) is 0 Å². The van der Waals surface area contributed by atoms with Gasteiger partial charge in [0.25, 0.3) is 0 Å². The molecular formula is H3BCoMoPW. The quantitative estimate of drug-likeness (QED) is 0.397. The molecule has 0 aliphatic heterocycles. The minimum absolute atomic E-state index is 0. The van der Waals surface area contributed by atoms with Crippen LogP contribution in [0.5, 0.6) is 0 Å². The predicted molar refractivity (Wildman–Crippen MR) is 16.9 cm³/mol. The second kappa shape index (κ2) is 16.2. The van der Waals surface area contributed by atoms with Crippen molar-refractivity contribution in [3.8, 4) is 0 Å². The first-order valence-electron chi connectivity index (χ1n) is 0.704. The fraction of sp³-hybridized carbons (Fsp3) is 0. The summed E-state index contributed by atoms with van der Waals surface area (Å²) in [5.41, 5.74) is 0. The van der Waals surface area contributed by atoms with Crippen molar-refractivity contribution in [3.05, 3.63) is 0 Å². The zero-order chi connectivity index (χ0) is 2.71. The van der Waals surface area contributed by atoms with Crippen molar-refractivity contribution in [3.63, 3.8) is 0 Å². The minimum Gasteiger partial charge on any atom is 0 e. The molecule has 0 N–H and O–H groups in total. The Kier molecular flexibility index (Phi) is 50.6. The molecule has 0 aromatic rings. The topological polar surface area (TPSA) is 0 Å². The average molecular weight is 384 g/mol. The summed E-state index contributed by atoms with van der Waals surface area (Å²) in [7, 11) is 2.16. The molecule has 0 rings (SSSR count). The van der Waals surface area contributed by atoms with Crippen LogP contribution in [-0.4, -0.2) is 7.57 Å². The molecule has 1 unspecified atom stereocenters. The summed E-state index contributed by atoms with van der Waals surface area (Å²) >= 11 is 2.10. The molecule has 0 spiro atoms. The molecule has 1 radical (unpaired) electrons. The van der Waals surface area contributed by atoms with Crippen LogP contribution in [0.4, 0.5) is 0 Å². The number of hydrogen-bond acceptors (Lipinski definition) is 0. The molecule has 0 fully saturated rings. The van der Waals surface area contributed by atoms with Gasteiger partial charge in [-0.05, 0) is 0 Å². The third-order valence-electron chi connectivity index (χ3n) is 0. The third-order valence-corrected chi connectivity index (χ3v) is 0. The van der Waals surface area contributed by atoms with Gasteiger partial charge in [-0.1, -0.05) is 0 Å². The van der Waals surface area contributed by atoms with Crippen LogP contribution in [-0.2, 0) is 57.2 Å². The molecule has 0 nitrogen and oxygen atoms in total. The largest absolute Gasteiger partial charge is 0 e. The summed E-state index contributed by atoms with van der Waals surface area (Å²) in [4.78, 5) is 0. The van der Waals surface area contributed by atoms with E-state index in [1.165, 1.54) is 0 Å². The van der Waals surface area contributed by atoms with Crippen molar-refractivity contribution < 1.29 is 57.2 Å². The van der Waals surface area contributed by atoms with Crippen molar-refractivity contribution in [1.82, 2.24) is 0 Å². The van der Waals surface area contributed by atoms with Crippen LogP contribution in [0, 0.1) is 0 Å². The maximum atomic E-state index is 2.16. The molecule has 5 heteroatoms. The molecule has 0 aliphatic carbocycles. The van der Waals surface area contributed by atoms with Crippen molar-refractivity contribution in [1.29, 1.82) is 0 Å². The summed E-state index contributed by atoms with van der Waals surface area (Å²) in [5.74, 6) is 0. The van der Waals surface area contributed by atoms with Crippen LogP contribution < -0.4 is 0 Å². The number of hydrogen-bond donors (Lipinski definition) is 0. The van der Waals surface area contributed by atoms with E-state index in [9.17, 15) is 0 Å². The Morgan fingerprint density at radius 1 is 1.60 bits per heavy atom. The fourth-order valence-electron chi connectivity index (χ4n) is 0. The monoisotopic (exact) mass is 386 g/mol. The molecular weight excluding hydrogens is 380 g/mol. The summed E-state index contributed by atoms with van der Waals surface area (Å²) in [6, 6.07) is 0. The van der Waals surface area contributed by atoms with Gasteiger partial charge in [0.05, 0.1) is 0 Å². The molecule has 0 aromatic heterocycles. The summed E-state index contributed by atoms with van der Waals surface area (Å²) in [6.07, 6.45) is 0. The zero-order valence-corrected chi connectivity index (χ0v) is 9.63. The Labute approximate surface area is 70.6 Å². The Hall–Kier alpha value is 2.38. The molecule has 32 valence electrons. The van der Waals surface area contributed by atoms with Gasteiger partial charge in [0.15, 0.2) is 0 Å². The van der Waals surface area contributed by atoms with E-state index in [1.807, 2.05) is 0 Å². The van der Waals surface area contributed by atoms with Gasteiger partial charge in [-0.2, -0.15) is 0 Å². The van der Waals surface area contributed by atoms with Crippen LogP contribution >= 0.6 is 6.55 Å².